The van der Waals surface area contributed by atoms with Gasteiger partial charge in [0.25, 0.3) is 21.8 Å². The zero-order valence-electron chi connectivity index (χ0n) is 22.2. The number of hydrazone groups is 1. The molecule has 0 atom stereocenters. The Hall–Kier alpha value is -4.67. The number of nitrogens with one attached hydrogen (secondary N) is 2. The summed E-state index contributed by atoms with van der Waals surface area (Å²) in [6.45, 7) is 1.17. The van der Waals surface area contributed by atoms with E-state index in [-0.39, 0.29) is 16.5 Å². The summed E-state index contributed by atoms with van der Waals surface area (Å²) in [5, 5.41) is 7.39. The van der Waals surface area contributed by atoms with Crippen LogP contribution < -0.4 is 19.8 Å². The summed E-state index contributed by atoms with van der Waals surface area (Å²) < 4.78 is 33.1. The standard InChI is InChI=1S/C30H27ClN4O5S/c1-21(22-8-12-25(13-9-22)32-30(37)23-6-4-3-5-7-23)33-34-29(36)20-35(26-14-10-24(31)11-15-26)41(38,39)28-18-16-27(40-2)17-19-28/h3-19H,20H2,1-2H3,(H,32,37)(H,34,36)/b33-21-. The molecule has 0 saturated carbocycles. The second-order valence-corrected chi connectivity index (χ2v) is 11.1. The van der Waals surface area contributed by atoms with Crippen LogP contribution in [0.25, 0.3) is 0 Å². The fourth-order valence-electron chi connectivity index (χ4n) is 3.76. The highest BCUT2D eigenvalue weighted by atomic mass is 35.5. The molecule has 0 radical (unpaired) electrons. The van der Waals surface area contributed by atoms with Crippen LogP contribution in [0.15, 0.2) is 113 Å². The molecule has 0 bridgehead atoms. The molecule has 9 nitrogen and oxygen atoms in total. The molecule has 2 amide bonds. The van der Waals surface area contributed by atoms with E-state index in [4.69, 9.17) is 16.3 Å². The van der Waals surface area contributed by atoms with E-state index in [0.29, 0.717) is 33.3 Å². The Kier molecular flexibility index (Phi) is 9.38. The minimum Gasteiger partial charge on any atom is -0.497 e. The van der Waals surface area contributed by atoms with Crippen molar-refractivity contribution in [3.63, 3.8) is 0 Å². The lowest BCUT2D eigenvalue weighted by atomic mass is 10.1. The molecule has 4 aromatic carbocycles. The van der Waals surface area contributed by atoms with E-state index >= 15 is 0 Å². The largest absolute Gasteiger partial charge is 0.497 e. The topological polar surface area (TPSA) is 117 Å². The summed E-state index contributed by atoms with van der Waals surface area (Å²) in [7, 11) is -2.64. The first-order valence-corrected chi connectivity index (χ1v) is 14.2. The fraction of sp³-hybridized carbons (Fsp3) is 0.100. The van der Waals surface area contributed by atoms with Crippen LogP contribution in [-0.2, 0) is 14.8 Å². The molecule has 41 heavy (non-hydrogen) atoms. The summed E-state index contributed by atoms with van der Waals surface area (Å²) in [4.78, 5) is 25.3. The maximum atomic E-state index is 13.5. The van der Waals surface area contributed by atoms with Crippen LogP contribution in [0.4, 0.5) is 11.4 Å². The van der Waals surface area contributed by atoms with Crippen molar-refractivity contribution in [1.29, 1.82) is 0 Å². The molecule has 0 saturated heterocycles. The zero-order valence-corrected chi connectivity index (χ0v) is 23.8. The van der Waals surface area contributed by atoms with Crippen LogP contribution in [0.1, 0.15) is 22.8 Å². The van der Waals surface area contributed by atoms with Crippen molar-refractivity contribution in [2.24, 2.45) is 5.10 Å². The minimum absolute atomic E-state index is 0.0137. The van der Waals surface area contributed by atoms with E-state index in [0.717, 1.165) is 4.31 Å². The SMILES string of the molecule is COc1ccc(S(=O)(=O)N(CC(=O)N/N=C(/C)c2ccc(NC(=O)c3ccccc3)cc2)c2ccc(Cl)cc2)cc1. The molecule has 210 valence electrons. The first kappa shape index (κ1) is 29.3. The summed E-state index contributed by atoms with van der Waals surface area (Å²) >= 11 is 5.99. The minimum atomic E-state index is -4.12. The van der Waals surface area contributed by atoms with E-state index < -0.39 is 22.5 Å². The lowest BCUT2D eigenvalue weighted by molar-refractivity contribution is -0.119. The molecule has 4 aromatic rings. The van der Waals surface area contributed by atoms with Crippen LogP contribution in [0.2, 0.25) is 5.02 Å². The molecule has 2 N–H and O–H groups in total. The molecule has 0 aliphatic heterocycles. The van der Waals surface area contributed by atoms with Crippen molar-refractivity contribution in [2.75, 3.05) is 23.3 Å². The fourth-order valence-corrected chi connectivity index (χ4v) is 5.31. The van der Waals surface area contributed by atoms with Crippen molar-refractivity contribution in [1.82, 2.24) is 5.43 Å². The number of hydrogen-bond donors (Lipinski definition) is 2. The average Bonchev–Trinajstić information content (AvgIpc) is 3.00. The Morgan fingerprint density at radius 3 is 2.10 bits per heavy atom. The Balaban J connectivity index is 1.46. The first-order chi connectivity index (χ1) is 19.7. The lowest BCUT2D eigenvalue weighted by Gasteiger charge is -2.24. The van der Waals surface area contributed by atoms with Crippen molar-refractivity contribution in [3.05, 3.63) is 119 Å². The first-order valence-electron chi connectivity index (χ1n) is 12.4. The highest BCUT2D eigenvalue weighted by Gasteiger charge is 2.27. The molecule has 0 fully saturated rings. The zero-order chi connectivity index (χ0) is 29.4. The van der Waals surface area contributed by atoms with Crippen LogP contribution in [-0.4, -0.2) is 39.6 Å². The van der Waals surface area contributed by atoms with Crippen LogP contribution in [0.3, 0.4) is 0 Å². The number of carbonyl (C=O) groups is 2. The van der Waals surface area contributed by atoms with Gasteiger partial charge in [0.1, 0.15) is 12.3 Å². The molecular formula is C30H27ClN4O5S. The quantitative estimate of drug-likeness (QED) is 0.191. The van der Waals surface area contributed by atoms with Crippen LogP contribution >= 0.6 is 11.6 Å². The van der Waals surface area contributed by atoms with Gasteiger partial charge in [-0.05, 0) is 85.3 Å². The molecule has 4 rings (SSSR count). The summed E-state index contributed by atoms with van der Waals surface area (Å²) in [6.07, 6.45) is 0. The molecule has 0 aromatic heterocycles. The maximum Gasteiger partial charge on any atom is 0.264 e. The van der Waals surface area contributed by atoms with Crippen molar-refractivity contribution in [3.8, 4) is 5.75 Å². The highest BCUT2D eigenvalue weighted by molar-refractivity contribution is 7.92. The maximum absolute atomic E-state index is 13.5. The number of amides is 2. The van der Waals surface area contributed by atoms with Gasteiger partial charge in [0, 0.05) is 16.3 Å². The average molecular weight is 591 g/mol. The van der Waals surface area contributed by atoms with E-state index in [2.05, 4.69) is 15.8 Å². The number of methoxy groups -OCH3 is 1. The van der Waals surface area contributed by atoms with E-state index in [1.165, 1.54) is 43.5 Å². The van der Waals surface area contributed by atoms with Gasteiger partial charge >= 0.3 is 0 Å². The highest BCUT2D eigenvalue weighted by Crippen LogP contribution is 2.26. The van der Waals surface area contributed by atoms with Crippen molar-refractivity contribution in [2.45, 2.75) is 11.8 Å². The lowest BCUT2D eigenvalue weighted by Crippen LogP contribution is -2.39. The Labute approximate surface area is 243 Å². The predicted octanol–water partition coefficient (Wildman–Crippen LogP) is 5.34. The smallest absolute Gasteiger partial charge is 0.264 e. The van der Waals surface area contributed by atoms with E-state index in [1.807, 2.05) is 6.07 Å². The molecular weight excluding hydrogens is 564 g/mol. The van der Waals surface area contributed by atoms with Gasteiger partial charge in [0.2, 0.25) is 0 Å². The number of rotatable bonds is 10. The number of benzene rings is 4. The van der Waals surface area contributed by atoms with Gasteiger partial charge in [0.15, 0.2) is 0 Å². The Morgan fingerprint density at radius 1 is 0.854 bits per heavy atom. The summed E-state index contributed by atoms with van der Waals surface area (Å²) in [5.74, 6) is -0.384. The number of halogens is 1. The van der Waals surface area contributed by atoms with Gasteiger partial charge in [-0.3, -0.25) is 13.9 Å². The number of hydrogen-bond acceptors (Lipinski definition) is 6. The van der Waals surface area contributed by atoms with Gasteiger partial charge in [-0.25, -0.2) is 13.8 Å². The normalized spacial score (nSPS) is 11.4. The Morgan fingerprint density at radius 2 is 1.49 bits per heavy atom. The number of sulfonamides is 1. The van der Waals surface area contributed by atoms with E-state index in [1.54, 1.807) is 67.6 Å². The third kappa shape index (κ3) is 7.50. The van der Waals surface area contributed by atoms with Crippen LogP contribution in [0, 0.1) is 0 Å². The summed E-state index contributed by atoms with van der Waals surface area (Å²) in [6, 6.07) is 27.8. The van der Waals surface area contributed by atoms with E-state index in [9.17, 15) is 18.0 Å². The molecule has 0 aliphatic carbocycles. The third-order valence-electron chi connectivity index (χ3n) is 5.99. The second-order valence-electron chi connectivity index (χ2n) is 8.79. The molecule has 0 aliphatic rings. The molecule has 0 heterocycles. The summed E-state index contributed by atoms with van der Waals surface area (Å²) in [5.41, 5.74) is 5.01. The molecule has 0 unspecified atom stereocenters. The van der Waals surface area contributed by atoms with Crippen molar-refractivity contribution < 1.29 is 22.7 Å². The number of ether oxygens (including phenoxy) is 1. The van der Waals surface area contributed by atoms with Crippen molar-refractivity contribution >= 4 is 50.5 Å². The monoisotopic (exact) mass is 590 g/mol. The van der Waals surface area contributed by atoms with Gasteiger partial charge in [-0.2, -0.15) is 5.10 Å². The predicted molar refractivity (Wildman–Crippen MR) is 160 cm³/mol. The second kappa shape index (κ2) is 13.1. The van der Waals surface area contributed by atoms with Crippen LogP contribution in [0.5, 0.6) is 5.75 Å². The van der Waals surface area contributed by atoms with Gasteiger partial charge in [-0.15, -0.1) is 0 Å². The molecule has 0 spiro atoms. The van der Waals surface area contributed by atoms with Gasteiger partial charge in [-0.1, -0.05) is 41.9 Å². The van der Waals surface area contributed by atoms with Gasteiger partial charge < -0.3 is 10.1 Å². The number of anilines is 2. The number of carbonyl (C=O) groups excluding carboxylic acids is 2. The molecule has 11 heteroatoms. The Bertz CT molecular complexity index is 1640. The van der Waals surface area contributed by atoms with Gasteiger partial charge in [0.05, 0.1) is 23.4 Å². The number of nitrogens with zero attached hydrogens (tertiary/aromatic N) is 2. The third-order valence-corrected chi connectivity index (χ3v) is 8.03.